The number of likely N-dealkylation sites (N-methyl/N-ethyl adjacent to an activating group) is 1. The molecule has 0 radical (unpaired) electrons. The number of benzene rings is 1. The number of hydrogen-bond acceptors (Lipinski definition) is 8. The minimum Gasteiger partial charge on any atom is -0.366 e. The van der Waals surface area contributed by atoms with E-state index in [1.807, 2.05) is 36.5 Å². The highest BCUT2D eigenvalue weighted by Crippen LogP contribution is 2.32. The van der Waals surface area contributed by atoms with Gasteiger partial charge in [-0.15, -0.1) is 0 Å². The predicted molar refractivity (Wildman–Crippen MR) is 154 cm³/mol. The average molecular weight is 531 g/mol. The minimum absolute atomic E-state index is 0.199. The van der Waals surface area contributed by atoms with Gasteiger partial charge in [-0.1, -0.05) is 18.2 Å². The highest BCUT2D eigenvalue weighted by molar-refractivity contribution is 6.04. The highest BCUT2D eigenvalue weighted by Gasteiger charge is 2.21. The van der Waals surface area contributed by atoms with Crippen molar-refractivity contribution in [2.75, 3.05) is 43.4 Å². The van der Waals surface area contributed by atoms with Crippen molar-refractivity contribution < 1.29 is 4.79 Å². The van der Waals surface area contributed by atoms with E-state index in [2.05, 4.69) is 52.3 Å². The molecule has 6 aromatic rings. The topological polar surface area (TPSA) is 132 Å². The molecule has 0 bridgehead atoms. The largest absolute Gasteiger partial charge is 0.366 e. The van der Waals surface area contributed by atoms with Gasteiger partial charge in [-0.25, -0.2) is 4.98 Å². The monoisotopic (exact) mass is 530 g/mol. The molecule has 11 heteroatoms. The number of carbonyl (C=O) groups excluding carboxylic acids is 1. The molecule has 6 heterocycles. The maximum Gasteiger partial charge on any atom is 0.255 e. The Balaban J connectivity index is 1.21. The fourth-order valence-electron chi connectivity index (χ4n) is 5.01. The van der Waals surface area contributed by atoms with Crippen LogP contribution in [0.2, 0.25) is 0 Å². The number of nitrogens with zero attached hydrogens (tertiary/aromatic N) is 7. The zero-order valence-corrected chi connectivity index (χ0v) is 21.8. The second-order valence-electron chi connectivity index (χ2n) is 9.90. The number of H-pyrrole nitrogens is 2. The number of aromatic amines is 2. The SMILES string of the molecule is CN1CCN(c2cncc3[nH]c(-c4n[nH]c5cnc(-c6cncc(NC(=O)c7ccccc7)c6)cc45)nc23)CC1. The Labute approximate surface area is 229 Å². The lowest BCUT2D eigenvalue weighted by Crippen LogP contribution is -2.44. The maximum absolute atomic E-state index is 12.6. The molecule has 1 aliphatic rings. The lowest BCUT2D eigenvalue weighted by molar-refractivity contribution is 0.102. The third-order valence-electron chi connectivity index (χ3n) is 7.22. The second-order valence-corrected chi connectivity index (χ2v) is 9.90. The van der Waals surface area contributed by atoms with Crippen LogP contribution in [0.3, 0.4) is 0 Å². The van der Waals surface area contributed by atoms with Gasteiger partial charge >= 0.3 is 0 Å². The molecule has 198 valence electrons. The van der Waals surface area contributed by atoms with Gasteiger partial charge in [0.2, 0.25) is 0 Å². The summed E-state index contributed by atoms with van der Waals surface area (Å²) in [6.07, 6.45) is 8.78. The summed E-state index contributed by atoms with van der Waals surface area (Å²) in [5.41, 5.74) is 6.89. The quantitative estimate of drug-likeness (QED) is 0.305. The van der Waals surface area contributed by atoms with Gasteiger partial charge in [0.25, 0.3) is 5.91 Å². The van der Waals surface area contributed by atoms with E-state index in [9.17, 15) is 4.79 Å². The molecule has 40 heavy (non-hydrogen) atoms. The third-order valence-corrected chi connectivity index (χ3v) is 7.22. The van der Waals surface area contributed by atoms with Crippen LogP contribution in [-0.4, -0.2) is 79.2 Å². The second kappa shape index (κ2) is 9.86. The van der Waals surface area contributed by atoms with E-state index < -0.39 is 0 Å². The molecule has 0 saturated carbocycles. The predicted octanol–water partition coefficient (Wildman–Crippen LogP) is 3.96. The van der Waals surface area contributed by atoms with E-state index in [0.717, 1.165) is 59.4 Å². The number of aromatic nitrogens is 7. The highest BCUT2D eigenvalue weighted by atomic mass is 16.1. The van der Waals surface area contributed by atoms with Gasteiger partial charge in [0.15, 0.2) is 5.82 Å². The Morgan fingerprint density at radius 2 is 1.75 bits per heavy atom. The first kappa shape index (κ1) is 23.9. The van der Waals surface area contributed by atoms with Crippen LogP contribution < -0.4 is 10.2 Å². The number of amides is 1. The summed E-state index contributed by atoms with van der Waals surface area (Å²) in [5.74, 6) is 0.458. The average Bonchev–Trinajstić information content (AvgIpc) is 3.62. The number of rotatable bonds is 5. The van der Waals surface area contributed by atoms with Crippen molar-refractivity contribution >= 4 is 39.2 Å². The maximum atomic E-state index is 12.6. The zero-order chi connectivity index (χ0) is 27.1. The van der Waals surface area contributed by atoms with Crippen LogP contribution in [-0.2, 0) is 0 Å². The Hall–Kier alpha value is -5.16. The molecule has 7 rings (SSSR count). The van der Waals surface area contributed by atoms with E-state index in [-0.39, 0.29) is 5.91 Å². The Morgan fingerprint density at radius 3 is 2.60 bits per heavy atom. The first-order chi connectivity index (χ1) is 19.6. The lowest BCUT2D eigenvalue weighted by Gasteiger charge is -2.33. The summed E-state index contributed by atoms with van der Waals surface area (Å²) in [6.45, 7) is 3.86. The molecule has 1 saturated heterocycles. The lowest BCUT2D eigenvalue weighted by atomic mass is 10.1. The summed E-state index contributed by atoms with van der Waals surface area (Å²) in [5, 5.41) is 11.4. The first-order valence-electron chi connectivity index (χ1n) is 13.1. The molecule has 1 aromatic carbocycles. The summed E-state index contributed by atoms with van der Waals surface area (Å²) in [7, 11) is 2.14. The molecule has 0 atom stereocenters. The van der Waals surface area contributed by atoms with E-state index in [0.29, 0.717) is 28.5 Å². The molecule has 5 aromatic heterocycles. The van der Waals surface area contributed by atoms with E-state index in [4.69, 9.17) is 4.98 Å². The van der Waals surface area contributed by atoms with Gasteiger partial charge < -0.3 is 20.1 Å². The number of imidazole rings is 1. The fourth-order valence-corrected chi connectivity index (χ4v) is 5.01. The normalized spacial score (nSPS) is 14.2. The molecule has 0 spiro atoms. The van der Waals surface area contributed by atoms with Crippen molar-refractivity contribution in [3.05, 3.63) is 79.0 Å². The number of fused-ring (bicyclic) bond motifs is 2. The van der Waals surface area contributed by atoms with Crippen molar-refractivity contribution in [1.82, 2.24) is 40.0 Å². The van der Waals surface area contributed by atoms with Crippen LogP contribution in [0.4, 0.5) is 11.4 Å². The van der Waals surface area contributed by atoms with E-state index >= 15 is 0 Å². The third kappa shape index (κ3) is 4.41. The molecule has 0 aliphatic carbocycles. The number of pyridine rings is 3. The van der Waals surface area contributed by atoms with Crippen molar-refractivity contribution in [1.29, 1.82) is 0 Å². The number of nitrogens with one attached hydrogen (secondary N) is 3. The summed E-state index contributed by atoms with van der Waals surface area (Å²) >= 11 is 0. The smallest absolute Gasteiger partial charge is 0.255 e. The van der Waals surface area contributed by atoms with Crippen molar-refractivity contribution in [3.63, 3.8) is 0 Å². The van der Waals surface area contributed by atoms with Crippen LogP contribution in [0.25, 0.3) is 44.7 Å². The zero-order valence-electron chi connectivity index (χ0n) is 21.8. The van der Waals surface area contributed by atoms with Crippen LogP contribution >= 0.6 is 0 Å². The standard InChI is InChI=1S/C29H26N10O/c1-38-7-9-39(10-8-38)25-17-31-15-24-27(25)35-28(34-24)26-21-12-22(32-16-23(21)36-37-26)19-11-20(14-30-13-19)33-29(40)18-5-3-2-4-6-18/h2-6,11-17H,7-10H2,1H3,(H,33,40)(H,34,35)(H,36,37). The van der Waals surface area contributed by atoms with Gasteiger partial charge in [0.1, 0.15) is 11.2 Å². The van der Waals surface area contributed by atoms with Crippen molar-refractivity contribution in [2.45, 2.75) is 0 Å². The number of carbonyl (C=O) groups is 1. The number of anilines is 2. The van der Waals surface area contributed by atoms with Crippen molar-refractivity contribution in [2.24, 2.45) is 0 Å². The van der Waals surface area contributed by atoms with Gasteiger partial charge in [-0.3, -0.25) is 24.8 Å². The Bertz CT molecular complexity index is 1840. The Kier molecular flexibility index (Phi) is 5.90. The molecule has 0 unspecified atom stereocenters. The number of hydrogen-bond donors (Lipinski definition) is 3. The molecule has 1 fully saturated rings. The minimum atomic E-state index is -0.199. The molecular weight excluding hydrogens is 504 g/mol. The van der Waals surface area contributed by atoms with Crippen LogP contribution in [0, 0.1) is 0 Å². The molecule has 3 N–H and O–H groups in total. The van der Waals surface area contributed by atoms with Crippen LogP contribution in [0.1, 0.15) is 10.4 Å². The number of piperazine rings is 1. The van der Waals surface area contributed by atoms with E-state index in [1.165, 1.54) is 0 Å². The van der Waals surface area contributed by atoms with Crippen molar-refractivity contribution in [3.8, 4) is 22.8 Å². The fraction of sp³-hybridized carbons (Fsp3) is 0.172. The Morgan fingerprint density at radius 1 is 0.925 bits per heavy atom. The molecule has 1 aliphatic heterocycles. The van der Waals surface area contributed by atoms with Crippen LogP contribution in [0.5, 0.6) is 0 Å². The molecular formula is C29H26N10O. The van der Waals surface area contributed by atoms with Gasteiger partial charge in [-0.05, 0) is 31.3 Å². The van der Waals surface area contributed by atoms with Crippen LogP contribution in [0.15, 0.2) is 73.4 Å². The molecule has 1 amide bonds. The van der Waals surface area contributed by atoms with Gasteiger partial charge in [0, 0.05) is 48.9 Å². The summed E-state index contributed by atoms with van der Waals surface area (Å²) in [6, 6.07) is 12.9. The summed E-state index contributed by atoms with van der Waals surface area (Å²) in [4.78, 5) is 39.1. The van der Waals surface area contributed by atoms with E-state index in [1.54, 1.807) is 36.9 Å². The summed E-state index contributed by atoms with van der Waals surface area (Å²) < 4.78 is 0. The van der Waals surface area contributed by atoms with Gasteiger partial charge in [0.05, 0.1) is 52.9 Å². The first-order valence-corrected chi connectivity index (χ1v) is 13.1. The van der Waals surface area contributed by atoms with Gasteiger partial charge in [-0.2, -0.15) is 5.10 Å². The molecule has 11 nitrogen and oxygen atoms in total.